The molecule has 0 bridgehead atoms. The summed E-state index contributed by atoms with van der Waals surface area (Å²) >= 11 is 0. The van der Waals surface area contributed by atoms with E-state index in [1.54, 1.807) is 21.3 Å². The molecule has 0 aliphatic rings. The Kier molecular flexibility index (Phi) is 6.47. The number of aldehydes is 1. The van der Waals surface area contributed by atoms with Crippen molar-refractivity contribution in [1.82, 2.24) is 9.97 Å². The van der Waals surface area contributed by atoms with Crippen LogP contribution in [-0.2, 0) is 22.6 Å². The predicted molar refractivity (Wildman–Crippen MR) is 122 cm³/mol. The Morgan fingerprint density at radius 3 is 2.44 bits per heavy atom. The van der Waals surface area contributed by atoms with Gasteiger partial charge in [-0.25, -0.2) is 4.98 Å². The number of fused-ring (bicyclic) bond motifs is 2. The topological polar surface area (TPSA) is 79.8 Å². The summed E-state index contributed by atoms with van der Waals surface area (Å²) in [6.07, 6.45) is 3.14. The largest absolute Gasteiger partial charge is 0.493 e. The Morgan fingerprint density at radius 1 is 0.938 bits per heavy atom. The van der Waals surface area contributed by atoms with Gasteiger partial charge in [-0.15, -0.1) is 0 Å². The van der Waals surface area contributed by atoms with Crippen LogP contribution < -0.4 is 14.2 Å². The Hall–Kier alpha value is -3.71. The molecule has 0 N–H and O–H groups in total. The normalized spacial score (nSPS) is 11.0. The molecule has 0 spiro atoms. The minimum absolute atomic E-state index is 0.0117. The number of hydrogen-bond donors (Lipinski definition) is 0. The summed E-state index contributed by atoms with van der Waals surface area (Å²) in [5, 5.41) is 2.89. The highest BCUT2D eigenvalue weighted by atomic mass is 16.5. The van der Waals surface area contributed by atoms with Crippen molar-refractivity contribution in [1.29, 1.82) is 0 Å². The summed E-state index contributed by atoms with van der Waals surface area (Å²) in [5.41, 5.74) is 3.40. The van der Waals surface area contributed by atoms with Gasteiger partial charge in [0.1, 0.15) is 17.9 Å². The van der Waals surface area contributed by atoms with Gasteiger partial charge in [-0.3, -0.25) is 9.78 Å². The molecule has 2 heterocycles. The Labute approximate surface area is 185 Å². The van der Waals surface area contributed by atoms with E-state index >= 15 is 0 Å². The molecule has 2 aromatic carbocycles. The van der Waals surface area contributed by atoms with Crippen LogP contribution in [0.2, 0.25) is 0 Å². The first-order chi connectivity index (χ1) is 15.7. The van der Waals surface area contributed by atoms with Crippen molar-refractivity contribution in [3.8, 4) is 17.2 Å². The number of hydrogen-bond acceptors (Lipinski definition) is 7. The van der Waals surface area contributed by atoms with Gasteiger partial charge in [0.15, 0.2) is 17.8 Å². The highest BCUT2D eigenvalue weighted by Crippen LogP contribution is 2.35. The van der Waals surface area contributed by atoms with Crippen LogP contribution in [-0.4, -0.2) is 44.2 Å². The van der Waals surface area contributed by atoms with E-state index in [0.717, 1.165) is 44.9 Å². The van der Waals surface area contributed by atoms with Crippen LogP contribution in [0.5, 0.6) is 17.2 Å². The molecule has 32 heavy (non-hydrogen) atoms. The zero-order valence-corrected chi connectivity index (χ0v) is 18.3. The Balaban J connectivity index is 1.80. The van der Waals surface area contributed by atoms with E-state index < -0.39 is 0 Å². The molecule has 0 atom stereocenters. The Bertz CT molecular complexity index is 1270. The molecule has 4 rings (SSSR count). The van der Waals surface area contributed by atoms with Gasteiger partial charge in [-0.1, -0.05) is 18.2 Å². The van der Waals surface area contributed by atoms with Crippen molar-refractivity contribution < 1.29 is 23.7 Å². The second kappa shape index (κ2) is 9.62. The summed E-state index contributed by atoms with van der Waals surface area (Å²) < 4.78 is 21.9. The van der Waals surface area contributed by atoms with Gasteiger partial charge in [0.25, 0.3) is 0 Å². The van der Waals surface area contributed by atoms with Crippen LogP contribution >= 0.6 is 0 Å². The molecule has 0 saturated heterocycles. The molecular formula is C25H24N2O5. The highest BCUT2D eigenvalue weighted by Gasteiger charge is 2.15. The van der Waals surface area contributed by atoms with Crippen molar-refractivity contribution in [2.24, 2.45) is 0 Å². The highest BCUT2D eigenvalue weighted by molar-refractivity contribution is 5.91. The van der Waals surface area contributed by atoms with Gasteiger partial charge in [0.05, 0.1) is 26.5 Å². The number of carbonyl (C=O) groups excluding carboxylic acids is 1. The lowest BCUT2D eigenvalue weighted by molar-refractivity contribution is -0.109. The monoisotopic (exact) mass is 432 g/mol. The molecule has 0 radical (unpaired) electrons. The summed E-state index contributed by atoms with van der Waals surface area (Å²) in [5.74, 6) is 1.87. The molecule has 0 fully saturated rings. The third-order valence-corrected chi connectivity index (χ3v) is 5.26. The minimum Gasteiger partial charge on any atom is -0.493 e. The zero-order valence-electron chi connectivity index (χ0n) is 18.3. The molecule has 2 aromatic heterocycles. The predicted octanol–water partition coefficient (Wildman–Crippen LogP) is 4.12. The lowest BCUT2D eigenvalue weighted by Crippen LogP contribution is -2.02. The van der Waals surface area contributed by atoms with Crippen molar-refractivity contribution in [3.63, 3.8) is 0 Å². The number of aromatic nitrogens is 2. The van der Waals surface area contributed by atoms with Gasteiger partial charge in [0, 0.05) is 36.2 Å². The van der Waals surface area contributed by atoms with E-state index in [-0.39, 0.29) is 6.61 Å². The Morgan fingerprint density at radius 2 is 1.72 bits per heavy atom. The SMILES string of the molecule is COCc1ncc(Cc2ccc3cccc(OCC=O)c3n2)c2cc(OC)c(OC)cc12. The van der Waals surface area contributed by atoms with E-state index in [0.29, 0.717) is 30.3 Å². The maximum absolute atomic E-state index is 10.7. The fraction of sp³-hybridized carbons (Fsp3) is 0.240. The number of carbonyl (C=O) groups is 1. The summed E-state index contributed by atoms with van der Waals surface area (Å²) in [7, 11) is 4.87. The molecule has 0 aliphatic heterocycles. The smallest absolute Gasteiger partial charge is 0.161 e. The summed E-state index contributed by atoms with van der Waals surface area (Å²) in [4.78, 5) is 20.2. The molecule has 7 heteroatoms. The maximum Gasteiger partial charge on any atom is 0.161 e. The fourth-order valence-corrected chi connectivity index (χ4v) is 3.77. The molecule has 0 aliphatic carbocycles. The third kappa shape index (κ3) is 4.20. The second-order valence-corrected chi connectivity index (χ2v) is 7.20. The number of methoxy groups -OCH3 is 3. The van der Waals surface area contributed by atoms with E-state index in [4.69, 9.17) is 23.9 Å². The molecule has 0 amide bonds. The average Bonchev–Trinajstić information content (AvgIpc) is 2.83. The minimum atomic E-state index is -0.0117. The van der Waals surface area contributed by atoms with Crippen LogP contribution in [0.25, 0.3) is 21.7 Å². The molecule has 4 aromatic rings. The van der Waals surface area contributed by atoms with E-state index in [1.165, 1.54) is 0 Å². The third-order valence-electron chi connectivity index (χ3n) is 5.26. The lowest BCUT2D eigenvalue weighted by Gasteiger charge is -2.15. The first-order valence-corrected chi connectivity index (χ1v) is 10.1. The number of benzene rings is 2. The van der Waals surface area contributed by atoms with Gasteiger partial charge in [-0.05, 0) is 35.2 Å². The first kappa shape index (κ1) is 21.5. The van der Waals surface area contributed by atoms with Crippen molar-refractivity contribution >= 4 is 28.0 Å². The van der Waals surface area contributed by atoms with Gasteiger partial charge >= 0.3 is 0 Å². The molecule has 0 unspecified atom stereocenters. The van der Waals surface area contributed by atoms with Gasteiger partial charge in [-0.2, -0.15) is 0 Å². The molecule has 164 valence electrons. The number of para-hydroxylation sites is 1. The lowest BCUT2D eigenvalue weighted by atomic mass is 10.00. The molecular weight excluding hydrogens is 408 g/mol. The van der Waals surface area contributed by atoms with Crippen molar-refractivity contribution in [2.75, 3.05) is 27.9 Å². The number of ether oxygens (including phenoxy) is 4. The molecule has 0 saturated carbocycles. The van der Waals surface area contributed by atoms with E-state index in [9.17, 15) is 4.79 Å². The summed E-state index contributed by atoms with van der Waals surface area (Å²) in [6.45, 7) is 0.375. The standard InChI is InChI=1S/C25H24N2O5/c1-29-15-21-20-13-24(31-3)23(30-2)12-19(20)17(14-26-21)11-18-8-7-16-5-4-6-22(25(16)27-18)32-10-9-28/h4-9,12-14H,10-11,15H2,1-3H3. The average molecular weight is 432 g/mol. The number of pyridine rings is 2. The fourth-order valence-electron chi connectivity index (χ4n) is 3.77. The quantitative estimate of drug-likeness (QED) is 0.368. The van der Waals surface area contributed by atoms with Gasteiger partial charge in [0.2, 0.25) is 0 Å². The second-order valence-electron chi connectivity index (χ2n) is 7.20. The van der Waals surface area contributed by atoms with Crippen LogP contribution in [0.3, 0.4) is 0 Å². The van der Waals surface area contributed by atoms with Crippen LogP contribution in [0.4, 0.5) is 0 Å². The van der Waals surface area contributed by atoms with Crippen molar-refractivity contribution in [2.45, 2.75) is 13.0 Å². The van der Waals surface area contributed by atoms with Crippen molar-refractivity contribution in [3.05, 3.63) is 65.6 Å². The first-order valence-electron chi connectivity index (χ1n) is 10.1. The van der Waals surface area contributed by atoms with E-state index in [2.05, 4.69) is 4.98 Å². The summed E-state index contributed by atoms with van der Waals surface area (Å²) in [6, 6.07) is 13.5. The maximum atomic E-state index is 10.7. The van der Waals surface area contributed by atoms with Crippen LogP contribution in [0, 0.1) is 0 Å². The zero-order chi connectivity index (χ0) is 22.5. The van der Waals surface area contributed by atoms with Gasteiger partial charge < -0.3 is 18.9 Å². The van der Waals surface area contributed by atoms with Crippen LogP contribution in [0.1, 0.15) is 17.0 Å². The number of rotatable bonds is 9. The molecule has 7 nitrogen and oxygen atoms in total. The van der Waals surface area contributed by atoms with E-state index in [1.807, 2.05) is 48.7 Å². The van der Waals surface area contributed by atoms with Crippen LogP contribution in [0.15, 0.2) is 48.7 Å². The number of nitrogens with zero attached hydrogens (tertiary/aromatic N) is 2.